The molecule has 1 aliphatic heterocycles. The van der Waals surface area contributed by atoms with Gasteiger partial charge >= 0.3 is 5.82 Å². The fourth-order valence-corrected chi connectivity index (χ4v) is 3.67. The van der Waals surface area contributed by atoms with E-state index >= 15 is 0 Å². The van der Waals surface area contributed by atoms with Gasteiger partial charge in [-0.05, 0) is 18.4 Å². The Kier molecular flexibility index (Phi) is 4.79. The summed E-state index contributed by atoms with van der Waals surface area (Å²) in [5.41, 5.74) is 0. The Morgan fingerprint density at radius 1 is 1.43 bits per heavy atom. The van der Waals surface area contributed by atoms with Crippen LogP contribution in [0.5, 0.6) is 0 Å². The molecule has 9 heteroatoms. The minimum Gasteiger partial charge on any atom is -0.361 e. The molecule has 8 nitrogen and oxygen atoms in total. The highest BCUT2D eigenvalue weighted by Crippen LogP contribution is 2.28. The lowest BCUT2D eigenvalue weighted by molar-refractivity contribution is -0.389. The predicted molar refractivity (Wildman–Crippen MR) is 91.4 cm³/mol. The third-order valence-electron chi connectivity index (χ3n) is 4.45. The van der Waals surface area contributed by atoms with Crippen molar-refractivity contribution in [1.29, 1.82) is 0 Å². The zero-order valence-corrected chi connectivity index (χ0v) is 14.3. The second-order valence-corrected chi connectivity index (χ2v) is 6.67. The first kappa shape index (κ1) is 16.2. The molecule has 3 heterocycles. The topological polar surface area (TPSA) is 79.0 Å². The minimum absolute atomic E-state index is 0.0178. The Morgan fingerprint density at radius 3 is 2.83 bits per heavy atom. The summed E-state index contributed by atoms with van der Waals surface area (Å²) in [6, 6.07) is 0.313. The molecule has 0 saturated carbocycles. The molecular weight excluding hydrogens is 316 g/mol. The van der Waals surface area contributed by atoms with Gasteiger partial charge in [0.25, 0.3) is 4.96 Å². The van der Waals surface area contributed by atoms with Crippen molar-refractivity contribution < 1.29 is 4.92 Å². The standard InChI is InChI=1S/C14H22N6O2S/c1-3-17-4-6-18(7-5-17)11(2)10-15-12-13(20(21)22)19-8-9-23-14(19)16-12/h8-9,11,15H,3-7,10H2,1-2H3. The molecule has 1 saturated heterocycles. The van der Waals surface area contributed by atoms with E-state index in [-0.39, 0.29) is 10.7 Å². The number of nitro groups is 1. The second-order valence-electron chi connectivity index (χ2n) is 5.80. The molecule has 3 rings (SSSR count). The van der Waals surface area contributed by atoms with Crippen LogP contribution in [-0.4, -0.2) is 69.4 Å². The van der Waals surface area contributed by atoms with E-state index in [2.05, 4.69) is 33.9 Å². The van der Waals surface area contributed by atoms with Gasteiger partial charge in [0.05, 0.1) is 0 Å². The average molecular weight is 338 g/mol. The third-order valence-corrected chi connectivity index (χ3v) is 5.21. The summed E-state index contributed by atoms with van der Waals surface area (Å²) in [6.07, 6.45) is 1.68. The molecule has 2 aromatic heterocycles. The zero-order valence-electron chi connectivity index (χ0n) is 13.4. The molecule has 1 unspecified atom stereocenters. The highest BCUT2D eigenvalue weighted by atomic mass is 32.1. The van der Waals surface area contributed by atoms with Crippen LogP contribution in [0.15, 0.2) is 11.6 Å². The van der Waals surface area contributed by atoms with Crippen molar-refractivity contribution in [1.82, 2.24) is 19.2 Å². The Labute approximate surface area is 138 Å². The summed E-state index contributed by atoms with van der Waals surface area (Å²) in [6.45, 7) is 10.3. The summed E-state index contributed by atoms with van der Waals surface area (Å²) in [5, 5.41) is 16.3. The molecule has 0 radical (unpaired) electrons. The molecule has 1 N–H and O–H groups in total. The number of anilines is 1. The third kappa shape index (κ3) is 3.31. The lowest BCUT2D eigenvalue weighted by Gasteiger charge is -2.37. The number of imidazole rings is 1. The average Bonchev–Trinajstić information content (AvgIpc) is 3.12. The Bertz CT molecular complexity index is 676. The van der Waals surface area contributed by atoms with E-state index in [1.165, 1.54) is 15.7 Å². The van der Waals surface area contributed by atoms with Crippen LogP contribution in [0, 0.1) is 10.1 Å². The lowest BCUT2D eigenvalue weighted by Crippen LogP contribution is -2.51. The maximum absolute atomic E-state index is 11.3. The van der Waals surface area contributed by atoms with Gasteiger partial charge in [-0.25, -0.2) is 0 Å². The fourth-order valence-electron chi connectivity index (χ4n) is 2.96. The van der Waals surface area contributed by atoms with Crippen molar-refractivity contribution in [2.24, 2.45) is 0 Å². The Balaban J connectivity index is 1.63. The van der Waals surface area contributed by atoms with Crippen LogP contribution >= 0.6 is 11.3 Å². The minimum atomic E-state index is -0.375. The summed E-state index contributed by atoms with van der Waals surface area (Å²) >= 11 is 1.40. The molecule has 1 aliphatic rings. The number of nitrogens with one attached hydrogen (secondary N) is 1. The first-order valence-corrected chi connectivity index (χ1v) is 8.78. The van der Waals surface area contributed by atoms with Gasteiger partial charge < -0.3 is 20.3 Å². The van der Waals surface area contributed by atoms with Crippen molar-refractivity contribution in [2.45, 2.75) is 19.9 Å². The molecule has 23 heavy (non-hydrogen) atoms. The van der Waals surface area contributed by atoms with Crippen molar-refractivity contribution in [2.75, 3.05) is 44.6 Å². The van der Waals surface area contributed by atoms with E-state index in [0.717, 1.165) is 32.7 Å². The Morgan fingerprint density at radius 2 is 2.17 bits per heavy atom. The molecule has 1 atom stereocenters. The summed E-state index contributed by atoms with van der Waals surface area (Å²) < 4.78 is 1.53. The quantitative estimate of drug-likeness (QED) is 0.638. The van der Waals surface area contributed by atoms with Crippen molar-refractivity contribution in [3.05, 3.63) is 21.7 Å². The first-order chi connectivity index (χ1) is 11.1. The summed E-state index contributed by atoms with van der Waals surface area (Å²) in [7, 11) is 0. The molecule has 0 spiro atoms. The van der Waals surface area contributed by atoms with E-state index < -0.39 is 0 Å². The van der Waals surface area contributed by atoms with Gasteiger partial charge in [-0.1, -0.05) is 18.3 Å². The largest absolute Gasteiger partial charge is 0.372 e. The number of hydrogen-bond donors (Lipinski definition) is 1. The zero-order chi connectivity index (χ0) is 16.4. The smallest absolute Gasteiger partial charge is 0.361 e. The summed E-state index contributed by atoms with van der Waals surface area (Å²) in [5.74, 6) is 0.380. The first-order valence-electron chi connectivity index (χ1n) is 7.90. The molecule has 0 bridgehead atoms. The van der Waals surface area contributed by atoms with Gasteiger partial charge in [-0.3, -0.25) is 4.90 Å². The number of aromatic nitrogens is 2. The van der Waals surface area contributed by atoms with Crippen LogP contribution in [0.1, 0.15) is 13.8 Å². The van der Waals surface area contributed by atoms with E-state index in [9.17, 15) is 10.1 Å². The van der Waals surface area contributed by atoms with Gasteiger partial charge in [0.15, 0.2) is 0 Å². The highest BCUT2D eigenvalue weighted by molar-refractivity contribution is 7.15. The number of fused-ring (bicyclic) bond motifs is 1. The van der Waals surface area contributed by atoms with Crippen molar-refractivity contribution >= 4 is 27.9 Å². The van der Waals surface area contributed by atoms with Gasteiger partial charge in [0, 0.05) is 44.1 Å². The number of rotatable bonds is 6. The van der Waals surface area contributed by atoms with Crippen LogP contribution in [0.25, 0.3) is 4.96 Å². The molecule has 0 aliphatic carbocycles. The SMILES string of the molecule is CCN1CCN(C(C)CNc2nc3sccn3c2[N+](=O)[O-])CC1. The monoisotopic (exact) mass is 338 g/mol. The molecule has 1 fully saturated rings. The highest BCUT2D eigenvalue weighted by Gasteiger charge is 2.25. The van der Waals surface area contributed by atoms with E-state index in [1.807, 2.05) is 0 Å². The predicted octanol–water partition coefficient (Wildman–Crippen LogP) is 1.74. The normalized spacial score (nSPS) is 18.3. The maximum atomic E-state index is 11.3. The van der Waals surface area contributed by atoms with Gasteiger partial charge in [0.2, 0.25) is 5.82 Å². The van der Waals surface area contributed by atoms with Crippen molar-refractivity contribution in [3.63, 3.8) is 0 Å². The number of likely N-dealkylation sites (N-methyl/N-ethyl adjacent to an activating group) is 1. The number of hydrogen-bond acceptors (Lipinski definition) is 7. The van der Waals surface area contributed by atoms with E-state index in [0.29, 0.717) is 23.4 Å². The molecule has 126 valence electrons. The maximum Gasteiger partial charge on any atom is 0.372 e. The van der Waals surface area contributed by atoms with Crippen LogP contribution in [0.3, 0.4) is 0 Å². The van der Waals surface area contributed by atoms with Crippen LogP contribution in [0.4, 0.5) is 11.6 Å². The van der Waals surface area contributed by atoms with Gasteiger partial charge in [-0.15, -0.1) is 0 Å². The fraction of sp³-hybridized carbons (Fsp3) is 0.643. The molecule has 0 aromatic carbocycles. The van der Waals surface area contributed by atoms with Gasteiger partial charge in [-0.2, -0.15) is 9.38 Å². The van der Waals surface area contributed by atoms with Crippen LogP contribution in [-0.2, 0) is 0 Å². The Hall–Kier alpha value is -1.71. The van der Waals surface area contributed by atoms with E-state index in [1.54, 1.807) is 11.6 Å². The van der Waals surface area contributed by atoms with Crippen LogP contribution < -0.4 is 5.32 Å². The number of thiazole rings is 1. The van der Waals surface area contributed by atoms with Crippen molar-refractivity contribution in [3.8, 4) is 0 Å². The second kappa shape index (κ2) is 6.81. The molecular formula is C14H22N6O2S. The van der Waals surface area contributed by atoms with Gasteiger partial charge in [0.1, 0.15) is 6.20 Å². The lowest BCUT2D eigenvalue weighted by atomic mass is 10.2. The van der Waals surface area contributed by atoms with Crippen LogP contribution in [0.2, 0.25) is 0 Å². The summed E-state index contributed by atoms with van der Waals surface area (Å²) in [4.78, 5) is 20.8. The van der Waals surface area contributed by atoms with E-state index in [4.69, 9.17) is 0 Å². The number of piperazine rings is 1. The molecule has 2 aromatic rings. The number of nitrogens with zero attached hydrogens (tertiary/aromatic N) is 5. The molecule has 0 amide bonds.